The molecule has 0 radical (unpaired) electrons. The lowest BCUT2D eigenvalue weighted by Gasteiger charge is -2.34. The predicted octanol–water partition coefficient (Wildman–Crippen LogP) is 4.36. The Kier molecular flexibility index (Phi) is 6.38. The zero-order valence-electron chi connectivity index (χ0n) is 18.0. The molecular weight excluding hydrogens is 374 g/mol. The summed E-state index contributed by atoms with van der Waals surface area (Å²) in [4.78, 5) is 21.3. The summed E-state index contributed by atoms with van der Waals surface area (Å²) in [5, 5.41) is 6.69. The van der Waals surface area contributed by atoms with Crippen LogP contribution in [-0.2, 0) is 17.8 Å². The standard InChI is InChI=1S/C24H33N5O/c1-24(12-14-26-15-13-24)11-10-22-28-20-16-19(25-2)8-9-21(20)29(22)17-23(30)27-18-6-4-3-5-7-18/h8-9,16,18,26H,3-7,10-15,17H2,1H3,(H,27,30). The molecule has 0 spiro atoms. The molecule has 6 nitrogen and oxygen atoms in total. The first-order chi connectivity index (χ1) is 14.6. The van der Waals surface area contributed by atoms with Crippen molar-refractivity contribution >= 4 is 22.6 Å². The highest BCUT2D eigenvalue weighted by molar-refractivity contribution is 5.83. The van der Waals surface area contributed by atoms with Crippen LogP contribution in [0.15, 0.2) is 18.2 Å². The van der Waals surface area contributed by atoms with Crippen molar-refractivity contribution in [3.8, 4) is 0 Å². The van der Waals surface area contributed by atoms with Gasteiger partial charge in [0.15, 0.2) is 5.69 Å². The first-order valence-corrected chi connectivity index (χ1v) is 11.4. The number of nitrogens with zero attached hydrogens (tertiary/aromatic N) is 3. The normalized spacial score (nSPS) is 19.5. The van der Waals surface area contributed by atoms with Crippen LogP contribution in [0.5, 0.6) is 0 Å². The van der Waals surface area contributed by atoms with Gasteiger partial charge in [0.2, 0.25) is 5.91 Å². The highest BCUT2D eigenvalue weighted by Gasteiger charge is 2.27. The zero-order chi connectivity index (χ0) is 21.0. The van der Waals surface area contributed by atoms with Crippen molar-refractivity contribution in [1.29, 1.82) is 0 Å². The van der Waals surface area contributed by atoms with Gasteiger partial charge in [0.25, 0.3) is 0 Å². The third kappa shape index (κ3) is 4.84. The minimum absolute atomic E-state index is 0.0739. The van der Waals surface area contributed by atoms with Crippen LogP contribution in [-0.4, -0.2) is 34.6 Å². The highest BCUT2D eigenvalue weighted by atomic mass is 16.2. The van der Waals surface area contributed by atoms with Gasteiger partial charge in [-0.2, -0.15) is 0 Å². The molecule has 1 aliphatic heterocycles. The smallest absolute Gasteiger partial charge is 0.240 e. The van der Waals surface area contributed by atoms with Crippen molar-refractivity contribution in [2.45, 2.75) is 77.3 Å². The fraction of sp³-hybridized carbons (Fsp3) is 0.625. The van der Waals surface area contributed by atoms with Crippen LogP contribution in [0.1, 0.15) is 64.1 Å². The average molecular weight is 408 g/mol. The molecule has 2 fully saturated rings. The zero-order valence-corrected chi connectivity index (χ0v) is 18.0. The Hall–Kier alpha value is -2.39. The van der Waals surface area contributed by atoms with Gasteiger partial charge in [0.05, 0.1) is 17.6 Å². The third-order valence-corrected chi connectivity index (χ3v) is 6.97. The first kappa shape index (κ1) is 20.9. The molecule has 30 heavy (non-hydrogen) atoms. The van der Waals surface area contributed by atoms with Crippen molar-refractivity contribution in [1.82, 2.24) is 20.2 Å². The van der Waals surface area contributed by atoms with Crippen LogP contribution in [0, 0.1) is 12.0 Å². The van der Waals surface area contributed by atoms with Gasteiger partial charge in [0.1, 0.15) is 12.4 Å². The molecule has 1 aromatic heterocycles. The van der Waals surface area contributed by atoms with E-state index in [-0.39, 0.29) is 5.91 Å². The Morgan fingerprint density at radius 3 is 2.80 bits per heavy atom. The Morgan fingerprint density at radius 1 is 1.30 bits per heavy atom. The Balaban J connectivity index is 1.54. The van der Waals surface area contributed by atoms with Gasteiger partial charge in [-0.1, -0.05) is 32.3 Å². The second-order valence-corrected chi connectivity index (χ2v) is 9.36. The number of aryl methyl sites for hydroxylation is 1. The summed E-state index contributed by atoms with van der Waals surface area (Å²) in [7, 11) is 0. The summed E-state index contributed by atoms with van der Waals surface area (Å²) >= 11 is 0. The number of hydrogen-bond acceptors (Lipinski definition) is 3. The maximum atomic E-state index is 12.9. The Bertz CT molecular complexity index is 929. The Labute approximate surface area is 179 Å². The summed E-state index contributed by atoms with van der Waals surface area (Å²) < 4.78 is 2.08. The first-order valence-electron chi connectivity index (χ1n) is 11.4. The van der Waals surface area contributed by atoms with E-state index in [4.69, 9.17) is 11.6 Å². The van der Waals surface area contributed by atoms with Crippen LogP contribution >= 0.6 is 0 Å². The number of nitrogens with one attached hydrogen (secondary N) is 2. The molecule has 1 amide bonds. The minimum Gasteiger partial charge on any atom is -0.352 e. The van der Waals surface area contributed by atoms with Crippen molar-refractivity contribution in [2.24, 2.45) is 5.41 Å². The van der Waals surface area contributed by atoms with Crippen molar-refractivity contribution in [3.05, 3.63) is 35.4 Å². The number of aromatic nitrogens is 2. The van der Waals surface area contributed by atoms with Crippen LogP contribution < -0.4 is 10.6 Å². The summed E-state index contributed by atoms with van der Waals surface area (Å²) in [6, 6.07) is 5.92. The van der Waals surface area contributed by atoms with E-state index in [0.29, 0.717) is 23.7 Å². The van der Waals surface area contributed by atoms with E-state index in [1.807, 2.05) is 18.2 Å². The molecule has 0 bridgehead atoms. The summed E-state index contributed by atoms with van der Waals surface area (Å²) in [6.07, 6.45) is 10.1. The quantitative estimate of drug-likeness (QED) is 0.700. The SMILES string of the molecule is [C-]#[N+]c1ccc2c(c1)nc(CCC1(C)CCNCC1)n2CC(=O)NC1CCCCC1. The fourth-order valence-corrected chi connectivity index (χ4v) is 4.96. The molecule has 2 heterocycles. The second kappa shape index (κ2) is 9.18. The molecule has 1 saturated carbocycles. The summed E-state index contributed by atoms with van der Waals surface area (Å²) in [5.74, 6) is 1.04. The van der Waals surface area contributed by atoms with E-state index in [0.717, 1.165) is 55.6 Å². The molecular formula is C24H33N5O. The average Bonchev–Trinajstić information content (AvgIpc) is 3.10. The van der Waals surface area contributed by atoms with E-state index in [9.17, 15) is 4.79 Å². The molecule has 2 aromatic rings. The summed E-state index contributed by atoms with van der Waals surface area (Å²) in [5.41, 5.74) is 2.68. The number of benzene rings is 1. The molecule has 0 unspecified atom stereocenters. The lowest BCUT2D eigenvalue weighted by Crippen LogP contribution is -2.38. The molecule has 0 atom stereocenters. The van der Waals surface area contributed by atoms with Crippen LogP contribution in [0.3, 0.4) is 0 Å². The van der Waals surface area contributed by atoms with E-state index < -0.39 is 0 Å². The van der Waals surface area contributed by atoms with Gasteiger partial charge in [-0.25, -0.2) is 9.83 Å². The largest absolute Gasteiger partial charge is 0.352 e. The molecule has 2 aliphatic rings. The lowest BCUT2D eigenvalue weighted by atomic mass is 9.77. The minimum atomic E-state index is 0.0739. The van der Waals surface area contributed by atoms with Crippen LogP contribution in [0.4, 0.5) is 5.69 Å². The maximum Gasteiger partial charge on any atom is 0.240 e. The topological polar surface area (TPSA) is 63.3 Å². The number of hydrogen-bond donors (Lipinski definition) is 2. The lowest BCUT2D eigenvalue weighted by molar-refractivity contribution is -0.122. The van der Waals surface area contributed by atoms with Crippen LogP contribution in [0.2, 0.25) is 0 Å². The van der Waals surface area contributed by atoms with Crippen LogP contribution in [0.25, 0.3) is 15.9 Å². The van der Waals surface area contributed by atoms with Gasteiger partial charge in [-0.05, 0) is 62.7 Å². The van der Waals surface area contributed by atoms with E-state index in [2.05, 4.69) is 27.0 Å². The Morgan fingerprint density at radius 2 is 2.07 bits per heavy atom. The monoisotopic (exact) mass is 407 g/mol. The number of piperidine rings is 1. The summed E-state index contributed by atoms with van der Waals surface area (Å²) in [6.45, 7) is 12.1. The molecule has 4 rings (SSSR count). The van der Waals surface area contributed by atoms with Crippen molar-refractivity contribution < 1.29 is 4.79 Å². The highest BCUT2D eigenvalue weighted by Crippen LogP contribution is 2.33. The van der Waals surface area contributed by atoms with Crippen molar-refractivity contribution in [3.63, 3.8) is 0 Å². The molecule has 6 heteroatoms. The van der Waals surface area contributed by atoms with Gasteiger partial charge in [0, 0.05) is 12.5 Å². The fourth-order valence-electron chi connectivity index (χ4n) is 4.96. The van der Waals surface area contributed by atoms with Gasteiger partial charge in [-0.3, -0.25) is 4.79 Å². The number of imidazole rings is 1. The van der Waals surface area contributed by atoms with Gasteiger partial charge < -0.3 is 15.2 Å². The number of rotatable bonds is 6. The second-order valence-electron chi connectivity index (χ2n) is 9.36. The van der Waals surface area contributed by atoms with E-state index in [1.54, 1.807) is 0 Å². The number of carbonyl (C=O) groups excluding carboxylic acids is 1. The molecule has 1 aliphatic carbocycles. The van der Waals surface area contributed by atoms with Gasteiger partial charge in [-0.15, -0.1) is 0 Å². The number of carbonyl (C=O) groups is 1. The molecule has 1 aromatic carbocycles. The van der Waals surface area contributed by atoms with E-state index in [1.165, 1.54) is 32.1 Å². The van der Waals surface area contributed by atoms with E-state index >= 15 is 0 Å². The van der Waals surface area contributed by atoms with Crippen molar-refractivity contribution in [2.75, 3.05) is 13.1 Å². The maximum absolute atomic E-state index is 12.9. The predicted molar refractivity (Wildman–Crippen MR) is 120 cm³/mol. The molecule has 1 saturated heterocycles. The number of amides is 1. The molecule has 2 N–H and O–H groups in total. The third-order valence-electron chi connectivity index (χ3n) is 6.97. The number of fused-ring (bicyclic) bond motifs is 1. The molecule has 160 valence electrons. The van der Waals surface area contributed by atoms with Gasteiger partial charge >= 0.3 is 0 Å².